The van der Waals surface area contributed by atoms with Crippen molar-refractivity contribution < 1.29 is 9.53 Å². The Labute approximate surface area is 175 Å². The fourth-order valence-corrected chi connectivity index (χ4v) is 4.92. The number of thiazole rings is 1. The van der Waals surface area contributed by atoms with Crippen molar-refractivity contribution in [1.29, 1.82) is 0 Å². The number of ether oxygens (including phenoxy) is 1. The number of nitrogens with one attached hydrogen (secondary N) is 1. The number of thiophene rings is 1. The Balaban J connectivity index is 1.25. The summed E-state index contributed by atoms with van der Waals surface area (Å²) in [6, 6.07) is 10.0. The lowest BCUT2D eigenvalue weighted by atomic mass is 10.0. The number of hydrogen-bond acceptors (Lipinski definition) is 7. The van der Waals surface area contributed by atoms with Gasteiger partial charge in [0.25, 0.3) is 5.91 Å². The number of carbonyl (C=O) groups is 1. The molecule has 6 nitrogen and oxygen atoms in total. The summed E-state index contributed by atoms with van der Waals surface area (Å²) in [5.74, 6) is 0.662. The second-order valence-electron chi connectivity index (χ2n) is 6.59. The van der Waals surface area contributed by atoms with Gasteiger partial charge in [0.15, 0.2) is 0 Å². The first-order chi connectivity index (χ1) is 14.3. The van der Waals surface area contributed by atoms with Crippen molar-refractivity contribution in [3.63, 3.8) is 0 Å². The van der Waals surface area contributed by atoms with Crippen LogP contribution >= 0.6 is 22.7 Å². The van der Waals surface area contributed by atoms with Crippen molar-refractivity contribution in [3.05, 3.63) is 71.1 Å². The number of carbonyl (C=O) groups excluding carboxylic acids is 1. The van der Waals surface area contributed by atoms with Crippen LogP contribution in [0.4, 0.5) is 0 Å². The predicted octanol–water partition coefficient (Wildman–Crippen LogP) is 4.06. The van der Waals surface area contributed by atoms with E-state index in [4.69, 9.17) is 4.74 Å². The molecule has 4 heterocycles. The minimum Gasteiger partial charge on any atom is -0.487 e. The van der Waals surface area contributed by atoms with E-state index in [9.17, 15) is 4.79 Å². The predicted molar refractivity (Wildman–Crippen MR) is 113 cm³/mol. The Morgan fingerprint density at radius 3 is 2.90 bits per heavy atom. The van der Waals surface area contributed by atoms with Crippen molar-refractivity contribution in [2.45, 2.75) is 12.5 Å². The van der Waals surface area contributed by atoms with Gasteiger partial charge in [-0.25, -0.2) is 15.0 Å². The maximum absolute atomic E-state index is 12.5. The van der Waals surface area contributed by atoms with Crippen LogP contribution in [0.3, 0.4) is 0 Å². The van der Waals surface area contributed by atoms with Crippen LogP contribution in [0.15, 0.2) is 59.8 Å². The molecule has 1 aliphatic rings. The largest absolute Gasteiger partial charge is 0.487 e. The Bertz CT molecular complexity index is 1140. The number of fused-ring (bicyclic) bond motifs is 1. The fourth-order valence-electron chi connectivity index (χ4n) is 3.31. The van der Waals surface area contributed by atoms with Gasteiger partial charge in [-0.05, 0) is 17.0 Å². The highest BCUT2D eigenvalue weighted by atomic mass is 32.1. The monoisotopic (exact) mass is 420 g/mol. The van der Waals surface area contributed by atoms with Crippen LogP contribution < -0.4 is 10.1 Å². The summed E-state index contributed by atoms with van der Waals surface area (Å²) in [4.78, 5) is 26.2. The number of nitrogens with zero attached hydrogens (tertiary/aromatic N) is 3. The lowest BCUT2D eigenvalue weighted by Gasteiger charge is -2.13. The number of aromatic nitrogens is 3. The molecule has 0 saturated heterocycles. The molecule has 1 amide bonds. The van der Waals surface area contributed by atoms with Crippen molar-refractivity contribution in [1.82, 2.24) is 20.3 Å². The van der Waals surface area contributed by atoms with E-state index in [2.05, 4.69) is 26.3 Å². The minimum absolute atomic E-state index is 0.116. The van der Waals surface area contributed by atoms with Crippen LogP contribution in [0.1, 0.15) is 16.1 Å². The molecule has 8 heteroatoms. The van der Waals surface area contributed by atoms with Gasteiger partial charge in [-0.15, -0.1) is 22.7 Å². The molecule has 0 radical (unpaired) electrons. The summed E-state index contributed by atoms with van der Waals surface area (Å²) in [5.41, 5.74) is 3.45. The molecule has 29 heavy (non-hydrogen) atoms. The Kier molecular flexibility index (Phi) is 4.79. The fraction of sp³-hybridized carbons (Fsp3) is 0.143. The van der Waals surface area contributed by atoms with E-state index in [0.29, 0.717) is 12.2 Å². The highest BCUT2D eigenvalue weighted by molar-refractivity contribution is 7.20. The van der Waals surface area contributed by atoms with Gasteiger partial charge in [-0.1, -0.05) is 24.3 Å². The lowest BCUT2D eigenvalue weighted by molar-refractivity contribution is 0.0929. The summed E-state index contributed by atoms with van der Waals surface area (Å²) in [6.07, 6.45) is 5.68. The second-order valence-corrected chi connectivity index (χ2v) is 8.40. The summed E-state index contributed by atoms with van der Waals surface area (Å²) in [5, 5.41) is 7.61. The third-order valence-corrected chi connectivity index (χ3v) is 6.54. The van der Waals surface area contributed by atoms with Crippen LogP contribution in [-0.2, 0) is 6.42 Å². The standard InChI is InChI=1S/C21H16N4O2S2/c26-20(17-11-29-21(25-17)18-5-2-6-28-18)24-10-15-7-13-3-1-4-16(19(13)27-15)14-8-22-12-23-9-14/h1-6,8-9,11-12,15H,7,10H2,(H,24,26). The topological polar surface area (TPSA) is 77.0 Å². The molecule has 1 atom stereocenters. The molecule has 144 valence electrons. The number of para-hydroxylation sites is 1. The highest BCUT2D eigenvalue weighted by Crippen LogP contribution is 2.38. The summed E-state index contributed by atoms with van der Waals surface area (Å²) < 4.78 is 6.16. The molecule has 1 N–H and O–H groups in total. The third-order valence-electron chi connectivity index (χ3n) is 4.66. The minimum atomic E-state index is -0.180. The molecular weight excluding hydrogens is 404 g/mol. The zero-order chi connectivity index (χ0) is 19.6. The maximum Gasteiger partial charge on any atom is 0.270 e. The number of amides is 1. The number of hydrogen-bond donors (Lipinski definition) is 1. The van der Waals surface area contributed by atoms with Gasteiger partial charge in [-0.2, -0.15) is 0 Å². The van der Waals surface area contributed by atoms with Gasteiger partial charge < -0.3 is 10.1 Å². The first kappa shape index (κ1) is 18.0. The van der Waals surface area contributed by atoms with Gasteiger partial charge in [0.05, 0.1) is 11.4 Å². The summed E-state index contributed by atoms with van der Waals surface area (Å²) in [7, 11) is 0. The average Bonchev–Trinajstić information content (AvgIpc) is 3.52. The second kappa shape index (κ2) is 7.73. The molecule has 1 aliphatic heterocycles. The number of benzene rings is 1. The Morgan fingerprint density at radius 2 is 2.07 bits per heavy atom. The van der Waals surface area contributed by atoms with Gasteiger partial charge in [0, 0.05) is 35.3 Å². The molecule has 1 aromatic carbocycles. The first-order valence-electron chi connectivity index (χ1n) is 9.09. The van der Waals surface area contributed by atoms with Crippen LogP contribution in [0.5, 0.6) is 5.75 Å². The van der Waals surface area contributed by atoms with E-state index >= 15 is 0 Å². The van der Waals surface area contributed by atoms with E-state index in [1.165, 1.54) is 17.7 Å². The molecule has 1 unspecified atom stereocenters. The molecule has 3 aromatic heterocycles. The van der Waals surface area contributed by atoms with Gasteiger partial charge in [-0.3, -0.25) is 4.79 Å². The van der Waals surface area contributed by atoms with Crippen LogP contribution in [0.25, 0.3) is 21.0 Å². The Hall–Kier alpha value is -3.10. The van der Waals surface area contributed by atoms with E-state index in [1.807, 2.05) is 29.6 Å². The molecule has 0 spiro atoms. The lowest BCUT2D eigenvalue weighted by Crippen LogP contribution is -2.34. The van der Waals surface area contributed by atoms with Crippen molar-refractivity contribution in [2.75, 3.05) is 6.54 Å². The first-order valence-corrected chi connectivity index (χ1v) is 10.9. The van der Waals surface area contributed by atoms with E-state index in [-0.39, 0.29) is 12.0 Å². The molecule has 4 aromatic rings. The van der Waals surface area contributed by atoms with Gasteiger partial charge >= 0.3 is 0 Å². The molecule has 5 rings (SSSR count). The molecule has 0 saturated carbocycles. The molecular formula is C21H16N4O2S2. The zero-order valence-corrected chi connectivity index (χ0v) is 16.9. The maximum atomic E-state index is 12.5. The summed E-state index contributed by atoms with van der Waals surface area (Å²) in [6.45, 7) is 0.421. The quantitative estimate of drug-likeness (QED) is 0.527. The van der Waals surface area contributed by atoms with Crippen molar-refractivity contribution in [3.8, 4) is 26.8 Å². The van der Waals surface area contributed by atoms with E-state index in [0.717, 1.165) is 38.7 Å². The normalized spacial score (nSPS) is 15.0. The van der Waals surface area contributed by atoms with Crippen LogP contribution in [-0.4, -0.2) is 33.5 Å². The zero-order valence-electron chi connectivity index (χ0n) is 15.2. The molecule has 0 fully saturated rings. The highest BCUT2D eigenvalue weighted by Gasteiger charge is 2.26. The van der Waals surface area contributed by atoms with Gasteiger partial charge in [0.1, 0.15) is 28.9 Å². The number of rotatable bonds is 5. The SMILES string of the molecule is O=C(NCC1Cc2cccc(-c3cncnc3)c2O1)c1csc(-c2cccs2)n1. The van der Waals surface area contributed by atoms with E-state index < -0.39 is 0 Å². The Morgan fingerprint density at radius 1 is 1.17 bits per heavy atom. The van der Waals surface area contributed by atoms with Crippen LogP contribution in [0, 0.1) is 0 Å². The van der Waals surface area contributed by atoms with Crippen molar-refractivity contribution >= 4 is 28.6 Å². The van der Waals surface area contributed by atoms with Crippen molar-refractivity contribution in [2.24, 2.45) is 0 Å². The van der Waals surface area contributed by atoms with Gasteiger partial charge in [0.2, 0.25) is 0 Å². The third kappa shape index (κ3) is 3.64. The molecule has 0 aliphatic carbocycles. The average molecular weight is 421 g/mol. The van der Waals surface area contributed by atoms with Crippen LogP contribution in [0.2, 0.25) is 0 Å². The summed E-state index contributed by atoms with van der Waals surface area (Å²) >= 11 is 3.09. The molecule has 0 bridgehead atoms. The van der Waals surface area contributed by atoms with E-state index in [1.54, 1.807) is 29.1 Å². The smallest absolute Gasteiger partial charge is 0.270 e.